The topological polar surface area (TPSA) is 104 Å². The molecule has 1 aliphatic heterocycles. The molecule has 0 spiro atoms. The number of nitrogens with one attached hydrogen (secondary N) is 2. The highest BCUT2D eigenvalue weighted by Gasteiger charge is 2.29. The minimum absolute atomic E-state index is 0.135. The van der Waals surface area contributed by atoms with Gasteiger partial charge < -0.3 is 15.4 Å². The van der Waals surface area contributed by atoms with Crippen LogP contribution in [0.2, 0.25) is 20.1 Å². The lowest BCUT2D eigenvalue weighted by Crippen LogP contribution is -2.46. The zero-order valence-electron chi connectivity index (χ0n) is 26.9. The number of methoxy groups -OCH3 is 1. The molecule has 1 unspecified atom stereocenters. The molecule has 0 aliphatic carbocycles. The summed E-state index contributed by atoms with van der Waals surface area (Å²) in [5, 5.41) is 28.5. The smallest absolute Gasteiger partial charge is 0.139 e. The predicted molar refractivity (Wildman–Crippen MR) is 194 cm³/mol. The zero-order valence-corrected chi connectivity index (χ0v) is 29.9. The largest absolute Gasteiger partial charge is 0.495 e. The van der Waals surface area contributed by atoms with Gasteiger partial charge in [-0.15, -0.1) is 5.10 Å². The quantitative estimate of drug-likeness (QED) is 0.163. The van der Waals surface area contributed by atoms with Crippen molar-refractivity contribution in [2.75, 3.05) is 30.8 Å². The van der Waals surface area contributed by atoms with Gasteiger partial charge in [0, 0.05) is 47.0 Å². The van der Waals surface area contributed by atoms with Gasteiger partial charge in [0.2, 0.25) is 0 Å². The van der Waals surface area contributed by atoms with E-state index in [-0.39, 0.29) is 11.6 Å². The first-order valence-corrected chi connectivity index (χ1v) is 17.0. The third-order valence-electron chi connectivity index (χ3n) is 8.67. The number of benzene rings is 3. The van der Waals surface area contributed by atoms with Crippen LogP contribution in [0.5, 0.6) is 5.75 Å². The summed E-state index contributed by atoms with van der Waals surface area (Å²) in [6.45, 7) is 8.76. The van der Waals surface area contributed by atoms with Crippen LogP contribution in [0.25, 0.3) is 10.9 Å². The number of halogens is 4. The number of pyridine rings is 1. The number of piperidine rings is 1. The van der Waals surface area contributed by atoms with Crippen LogP contribution in [-0.2, 0) is 0 Å². The second-order valence-corrected chi connectivity index (χ2v) is 14.4. The Bertz CT molecular complexity index is 1990. The van der Waals surface area contributed by atoms with E-state index in [1.54, 1.807) is 18.2 Å². The Morgan fingerprint density at radius 3 is 2.38 bits per heavy atom. The lowest BCUT2D eigenvalue weighted by Gasteiger charge is -2.40. The van der Waals surface area contributed by atoms with Crippen LogP contribution in [-0.4, -0.2) is 50.6 Å². The van der Waals surface area contributed by atoms with Crippen LogP contribution in [0.15, 0.2) is 60.9 Å². The van der Waals surface area contributed by atoms with Crippen molar-refractivity contribution >= 4 is 74.4 Å². The van der Waals surface area contributed by atoms with Gasteiger partial charge in [0.05, 0.1) is 62.9 Å². The molecule has 2 aromatic heterocycles. The number of fused-ring (bicyclic) bond motifs is 1. The maximum absolute atomic E-state index is 10.0. The molecule has 1 aliphatic rings. The summed E-state index contributed by atoms with van der Waals surface area (Å²) in [4.78, 5) is 7.01. The van der Waals surface area contributed by atoms with Gasteiger partial charge in [-0.3, -0.25) is 9.88 Å². The molecule has 48 heavy (non-hydrogen) atoms. The van der Waals surface area contributed by atoms with E-state index in [0.717, 1.165) is 37.2 Å². The van der Waals surface area contributed by atoms with E-state index < -0.39 is 6.04 Å². The van der Waals surface area contributed by atoms with Crippen LogP contribution in [0.1, 0.15) is 62.5 Å². The van der Waals surface area contributed by atoms with Crippen molar-refractivity contribution in [2.45, 2.75) is 51.2 Å². The van der Waals surface area contributed by atoms with E-state index >= 15 is 0 Å². The van der Waals surface area contributed by atoms with Crippen molar-refractivity contribution in [3.05, 3.63) is 97.8 Å². The minimum Gasteiger partial charge on any atom is -0.495 e. The van der Waals surface area contributed by atoms with E-state index in [1.165, 1.54) is 13.3 Å². The SMILES string of the molecule is COc1cc(Nc2c(C#N)cnc3c(Cl)cc(NC(c4ccc(Cl)cc4)c4cn(C5CCN(C(C)(C)C)CC5)nn4)cc23)c(Cl)cc1Cl. The summed E-state index contributed by atoms with van der Waals surface area (Å²) >= 11 is 26.0. The number of hydrogen-bond donors (Lipinski definition) is 2. The van der Waals surface area contributed by atoms with Gasteiger partial charge in [-0.25, -0.2) is 4.68 Å². The van der Waals surface area contributed by atoms with Crippen molar-refractivity contribution in [1.29, 1.82) is 5.26 Å². The Morgan fingerprint density at radius 2 is 1.71 bits per heavy atom. The fourth-order valence-corrected chi connectivity index (χ4v) is 6.93. The van der Waals surface area contributed by atoms with Crippen molar-refractivity contribution < 1.29 is 4.74 Å². The Morgan fingerprint density at radius 1 is 0.979 bits per heavy atom. The molecule has 0 saturated carbocycles. The average Bonchev–Trinajstić information content (AvgIpc) is 3.55. The van der Waals surface area contributed by atoms with Crippen molar-refractivity contribution in [3.63, 3.8) is 0 Å². The van der Waals surface area contributed by atoms with E-state index in [2.05, 4.69) is 57.7 Å². The molecular formula is C35H34Cl4N8O. The molecule has 9 nitrogen and oxygen atoms in total. The van der Waals surface area contributed by atoms with Crippen LogP contribution in [0.4, 0.5) is 17.1 Å². The maximum atomic E-state index is 10.0. The predicted octanol–water partition coefficient (Wildman–Crippen LogP) is 9.70. The average molecular weight is 725 g/mol. The second kappa shape index (κ2) is 14.0. The van der Waals surface area contributed by atoms with Gasteiger partial charge in [-0.1, -0.05) is 63.7 Å². The van der Waals surface area contributed by atoms with Crippen LogP contribution < -0.4 is 15.4 Å². The number of rotatable bonds is 8. The first kappa shape index (κ1) is 34.1. The highest BCUT2D eigenvalue weighted by atomic mass is 35.5. The Kier molecular flexibility index (Phi) is 9.93. The summed E-state index contributed by atoms with van der Waals surface area (Å²) < 4.78 is 7.38. The molecular weight excluding hydrogens is 690 g/mol. The summed E-state index contributed by atoms with van der Waals surface area (Å²) in [6.07, 6.45) is 5.48. The molecule has 3 aromatic carbocycles. The summed E-state index contributed by atoms with van der Waals surface area (Å²) in [7, 11) is 1.52. The normalized spacial score (nSPS) is 14.9. The van der Waals surface area contributed by atoms with Gasteiger partial charge in [0.1, 0.15) is 17.5 Å². The summed E-state index contributed by atoms with van der Waals surface area (Å²) in [6, 6.07) is 16.7. The summed E-state index contributed by atoms with van der Waals surface area (Å²) in [5.41, 5.74) is 4.29. The van der Waals surface area contributed by atoms with E-state index in [1.807, 2.05) is 41.2 Å². The lowest BCUT2D eigenvalue weighted by molar-refractivity contribution is 0.0866. The molecule has 1 atom stereocenters. The lowest BCUT2D eigenvalue weighted by atomic mass is 9.98. The molecule has 2 N–H and O–H groups in total. The first-order chi connectivity index (χ1) is 22.9. The maximum Gasteiger partial charge on any atom is 0.139 e. The Labute approximate surface area is 299 Å². The van der Waals surface area contributed by atoms with Gasteiger partial charge >= 0.3 is 0 Å². The first-order valence-electron chi connectivity index (χ1n) is 15.5. The molecule has 13 heteroatoms. The third-order valence-corrected chi connectivity index (χ3v) is 9.82. The van der Waals surface area contributed by atoms with E-state index in [4.69, 9.17) is 51.1 Å². The second-order valence-electron chi connectivity index (χ2n) is 12.7. The molecule has 1 fully saturated rings. The molecule has 0 amide bonds. The number of anilines is 3. The number of nitriles is 1. The fourth-order valence-electron chi connectivity index (χ4n) is 6.03. The number of hydrogen-bond acceptors (Lipinski definition) is 8. The number of aromatic nitrogens is 4. The molecule has 5 aromatic rings. The molecule has 0 bridgehead atoms. The summed E-state index contributed by atoms with van der Waals surface area (Å²) in [5.74, 6) is 0.430. The van der Waals surface area contributed by atoms with Gasteiger partial charge in [-0.2, -0.15) is 5.26 Å². The fraction of sp³-hybridized carbons (Fsp3) is 0.314. The monoisotopic (exact) mass is 722 g/mol. The van der Waals surface area contributed by atoms with Gasteiger partial charge in [-0.05, 0) is 69.5 Å². The number of nitrogens with zero attached hydrogens (tertiary/aromatic N) is 6. The molecule has 3 heterocycles. The Balaban J connectivity index is 1.37. The molecule has 1 saturated heterocycles. The van der Waals surface area contributed by atoms with Crippen LogP contribution in [0, 0.1) is 11.3 Å². The Hall–Kier alpha value is -3.78. The molecule has 6 rings (SSSR count). The molecule has 0 radical (unpaired) electrons. The van der Waals surface area contributed by atoms with Crippen molar-refractivity contribution in [1.82, 2.24) is 24.9 Å². The van der Waals surface area contributed by atoms with E-state index in [0.29, 0.717) is 59.4 Å². The van der Waals surface area contributed by atoms with Crippen LogP contribution in [0.3, 0.4) is 0 Å². The standard InChI is InChI=1S/C35H34Cl4N8O/c1-35(2,3)46-11-9-24(10-12-46)47-19-30(44-45-47)33(20-5-7-22(36)8-6-20)42-23-13-25-32(21(17-40)18-41-34(25)28(39)14-23)43-29-16-31(48-4)27(38)15-26(29)37/h5-8,13-16,18-19,24,33,42H,9-12H2,1-4H3,(H,41,43). The highest BCUT2D eigenvalue weighted by molar-refractivity contribution is 6.38. The minimum atomic E-state index is -0.391. The van der Waals surface area contributed by atoms with Crippen LogP contribution >= 0.6 is 46.4 Å². The van der Waals surface area contributed by atoms with E-state index in [9.17, 15) is 5.26 Å². The third kappa shape index (κ3) is 7.14. The zero-order chi connectivity index (χ0) is 34.2. The van der Waals surface area contributed by atoms with Gasteiger partial charge in [0.25, 0.3) is 0 Å². The van der Waals surface area contributed by atoms with Crippen molar-refractivity contribution in [3.8, 4) is 11.8 Å². The van der Waals surface area contributed by atoms with Gasteiger partial charge in [0.15, 0.2) is 0 Å². The molecule has 248 valence electrons. The number of likely N-dealkylation sites (tertiary alicyclic amines) is 1. The number of ether oxygens (including phenoxy) is 1. The van der Waals surface area contributed by atoms with Crippen molar-refractivity contribution in [2.24, 2.45) is 0 Å². The highest BCUT2D eigenvalue weighted by Crippen LogP contribution is 2.40.